The van der Waals surface area contributed by atoms with Crippen LogP contribution in [0.3, 0.4) is 0 Å². The predicted octanol–water partition coefficient (Wildman–Crippen LogP) is 2.71. The fraction of sp³-hybridized carbons (Fsp3) is 0.111. The van der Waals surface area contributed by atoms with Crippen molar-refractivity contribution in [3.05, 3.63) is 65.7 Å². The number of methoxy groups -OCH3 is 1. The number of benzene rings is 2. The fourth-order valence-corrected chi connectivity index (χ4v) is 2.17. The van der Waals surface area contributed by atoms with Gasteiger partial charge in [0.25, 0.3) is 0 Å². The lowest BCUT2D eigenvalue weighted by atomic mass is 10.2. The summed E-state index contributed by atoms with van der Waals surface area (Å²) >= 11 is 5.10. The van der Waals surface area contributed by atoms with Crippen LogP contribution in [0.5, 0.6) is 5.75 Å². The highest BCUT2D eigenvalue weighted by Gasteiger charge is 2.02. The third-order valence-corrected chi connectivity index (χ3v) is 3.35. The SMILES string of the molecule is COc1ccc(C=CC(=O)NC(=S)Nc2cccc(CO)c2)cc1. The van der Waals surface area contributed by atoms with Crippen molar-refractivity contribution < 1.29 is 14.6 Å². The smallest absolute Gasteiger partial charge is 0.250 e. The van der Waals surface area contributed by atoms with Crippen molar-refractivity contribution in [1.29, 1.82) is 0 Å². The molecule has 24 heavy (non-hydrogen) atoms. The van der Waals surface area contributed by atoms with E-state index < -0.39 is 0 Å². The Labute approximate surface area is 146 Å². The monoisotopic (exact) mass is 342 g/mol. The summed E-state index contributed by atoms with van der Waals surface area (Å²) in [4.78, 5) is 11.9. The van der Waals surface area contributed by atoms with E-state index in [4.69, 9.17) is 22.1 Å². The number of thiocarbonyl (C=S) groups is 1. The predicted molar refractivity (Wildman–Crippen MR) is 98.8 cm³/mol. The second-order valence-corrected chi connectivity index (χ2v) is 5.32. The highest BCUT2D eigenvalue weighted by atomic mass is 32.1. The van der Waals surface area contributed by atoms with Crippen LogP contribution in [-0.2, 0) is 11.4 Å². The minimum absolute atomic E-state index is 0.0563. The Bertz CT molecular complexity index is 742. The molecule has 0 fully saturated rings. The van der Waals surface area contributed by atoms with E-state index in [1.807, 2.05) is 24.3 Å². The van der Waals surface area contributed by atoms with Gasteiger partial charge >= 0.3 is 0 Å². The third-order valence-electron chi connectivity index (χ3n) is 3.15. The summed E-state index contributed by atoms with van der Waals surface area (Å²) in [6, 6.07) is 14.5. The Hall–Kier alpha value is -2.70. The van der Waals surface area contributed by atoms with Crippen LogP contribution in [0, 0.1) is 0 Å². The van der Waals surface area contributed by atoms with E-state index in [1.54, 1.807) is 37.5 Å². The minimum Gasteiger partial charge on any atom is -0.497 e. The highest BCUT2D eigenvalue weighted by molar-refractivity contribution is 7.80. The van der Waals surface area contributed by atoms with Gasteiger partial charge in [0.1, 0.15) is 5.75 Å². The quantitative estimate of drug-likeness (QED) is 0.576. The van der Waals surface area contributed by atoms with Gasteiger partial charge in [-0.05, 0) is 53.7 Å². The van der Waals surface area contributed by atoms with Crippen molar-refractivity contribution in [3.8, 4) is 5.75 Å². The van der Waals surface area contributed by atoms with Crippen molar-refractivity contribution in [2.45, 2.75) is 6.61 Å². The maximum absolute atomic E-state index is 11.9. The van der Waals surface area contributed by atoms with E-state index in [-0.39, 0.29) is 17.6 Å². The number of carbonyl (C=O) groups excluding carboxylic acids is 1. The lowest BCUT2D eigenvalue weighted by Gasteiger charge is -2.09. The van der Waals surface area contributed by atoms with Crippen LogP contribution in [-0.4, -0.2) is 23.2 Å². The number of hydrogen-bond acceptors (Lipinski definition) is 4. The van der Waals surface area contributed by atoms with Gasteiger partial charge in [-0.1, -0.05) is 24.3 Å². The van der Waals surface area contributed by atoms with Gasteiger partial charge in [-0.2, -0.15) is 0 Å². The van der Waals surface area contributed by atoms with Crippen LogP contribution >= 0.6 is 12.2 Å². The van der Waals surface area contributed by atoms with Crippen molar-refractivity contribution in [3.63, 3.8) is 0 Å². The maximum atomic E-state index is 11.9. The molecule has 2 aromatic rings. The van der Waals surface area contributed by atoms with Crippen molar-refractivity contribution in [2.24, 2.45) is 0 Å². The average molecular weight is 342 g/mol. The van der Waals surface area contributed by atoms with Gasteiger partial charge in [-0.3, -0.25) is 10.1 Å². The molecule has 0 aliphatic heterocycles. The molecular formula is C18H18N2O3S. The zero-order valence-electron chi connectivity index (χ0n) is 13.2. The molecule has 2 rings (SSSR count). The van der Waals surface area contributed by atoms with Gasteiger partial charge in [0, 0.05) is 11.8 Å². The first-order valence-corrected chi connectivity index (χ1v) is 7.65. The molecule has 0 unspecified atom stereocenters. The molecule has 0 spiro atoms. The van der Waals surface area contributed by atoms with E-state index >= 15 is 0 Å². The Morgan fingerprint density at radius 3 is 2.67 bits per heavy atom. The molecule has 1 amide bonds. The number of aliphatic hydroxyl groups is 1. The number of anilines is 1. The number of carbonyl (C=O) groups is 1. The van der Waals surface area contributed by atoms with Gasteiger partial charge in [0.15, 0.2) is 5.11 Å². The number of amides is 1. The summed E-state index contributed by atoms with van der Waals surface area (Å²) in [5.74, 6) is 0.425. The molecule has 0 aliphatic rings. The first kappa shape index (κ1) is 17.7. The molecular weight excluding hydrogens is 324 g/mol. The summed E-state index contributed by atoms with van der Waals surface area (Å²) in [7, 11) is 1.60. The van der Waals surface area contributed by atoms with Gasteiger partial charge in [0.05, 0.1) is 13.7 Å². The van der Waals surface area contributed by atoms with E-state index in [0.717, 1.165) is 16.9 Å². The molecule has 0 saturated carbocycles. The molecule has 0 bridgehead atoms. The van der Waals surface area contributed by atoms with Crippen LogP contribution in [0.2, 0.25) is 0 Å². The highest BCUT2D eigenvalue weighted by Crippen LogP contribution is 2.12. The number of nitrogens with one attached hydrogen (secondary N) is 2. The maximum Gasteiger partial charge on any atom is 0.250 e. The third kappa shape index (κ3) is 5.49. The standard InChI is InChI=1S/C18H18N2O3S/c1-23-16-8-5-13(6-9-16)7-10-17(22)20-18(24)19-15-4-2-3-14(11-15)12-21/h2-11,21H,12H2,1H3,(H2,19,20,22,24). The Kier molecular flexibility index (Phi) is 6.48. The molecule has 0 radical (unpaired) electrons. The van der Waals surface area contributed by atoms with Crippen molar-refractivity contribution in [1.82, 2.24) is 5.32 Å². The lowest BCUT2D eigenvalue weighted by molar-refractivity contribution is -0.115. The largest absolute Gasteiger partial charge is 0.497 e. The second-order valence-electron chi connectivity index (χ2n) is 4.91. The molecule has 3 N–H and O–H groups in total. The first-order chi connectivity index (χ1) is 11.6. The molecule has 6 heteroatoms. The molecule has 2 aromatic carbocycles. The summed E-state index contributed by atoms with van der Waals surface area (Å²) < 4.78 is 5.08. The number of aliphatic hydroxyl groups excluding tert-OH is 1. The first-order valence-electron chi connectivity index (χ1n) is 7.24. The van der Waals surface area contributed by atoms with Crippen LogP contribution in [0.4, 0.5) is 5.69 Å². The summed E-state index contributed by atoms with van der Waals surface area (Å²) in [6.07, 6.45) is 3.09. The number of rotatable bonds is 5. The Morgan fingerprint density at radius 1 is 1.25 bits per heavy atom. The van der Waals surface area contributed by atoms with Crippen LogP contribution in [0.15, 0.2) is 54.6 Å². The molecule has 0 aromatic heterocycles. The molecule has 5 nitrogen and oxygen atoms in total. The van der Waals surface area contributed by atoms with Crippen LogP contribution in [0.25, 0.3) is 6.08 Å². The van der Waals surface area contributed by atoms with Crippen molar-refractivity contribution >= 4 is 35.0 Å². The molecule has 0 aliphatic carbocycles. The second kappa shape index (κ2) is 8.81. The zero-order chi connectivity index (χ0) is 17.4. The van der Waals surface area contributed by atoms with Gasteiger partial charge in [-0.15, -0.1) is 0 Å². The van der Waals surface area contributed by atoms with E-state index in [0.29, 0.717) is 5.69 Å². The molecule has 0 saturated heterocycles. The molecule has 0 heterocycles. The van der Waals surface area contributed by atoms with Crippen molar-refractivity contribution in [2.75, 3.05) is 12.4 Å². The summed E-state index contributed by atoms with van der Waals surface area (Å²) in [6.45, 7) is -0.0563. The van der Waals surface area contributed by atoms with Gasteiger partial charge in [0.2, 0.25) is 5.91 Å². The minimum atomic E-state index is -0.332. The zero-order valence-corrected chi connectivity index (χ0v) is 14.0. The van der Waals surface area contributed by atoms with Gasteiger partial charge < -0.3 is 15.2 Å². The van der Waals surface area contributed by atoms with Gasteiger partial charge in [-0.25, -0.2) is 0 Å². The average Bonchev–Trinajstić information content (AvgIpc) is 2.60. The van der Waals surface area contributed by atoms with Crippen LogP contribution < -0.4 is 15.4 Å². The molecule has 124 valence electrons. The lowest BCUT2D eigenvalue weighted by Crippen LogP contribution is -2.32. The Balaban J connectivity index is 1.88. The van der Waals surface area contributed by atoms with Crippen LogP contribution in [0.1, 0.15) is 11.1 Å². The van der Waals surface area contributed by atoms with E-state index in [2.05, 4.69) is 10.6 Å². The number of ether oxygens (including phenoxy) is 1. The number of hydrogen-bond donors (Lipinski definition) is 3. The molecule has 0 atom stereocenters. The van der Waals surface area contributed by atoms with E-state index in [9.17, 15) is 4.79 Å². The topological polar surface area (TPSA) is 70.6 Å². The fourth-order valence-electron chi connectivity index (χ4n) is 1.95. The summed E-state index contributed by atoms with van der Waals surface area (Å²) in [5, 5.41) is 14.8. The summed E-state index contributed by atoms with van der Waals surface area (Å²) in [5.41, 5.74) is 2.33. The normalized spacial score (nSPS) is 10.4. The Morgan fingerprint density at radius 2 is 2.00 bits per heavy atom. The van der Waals surface area contributed by atoms with E-state index in [1.165, 1.54) is 6.08 Å².